The highest BCUT2D eigenvalue weighted by Gasteiger charge is 2.81. The molecule has 2 N–H and O–H groups in total. The third-order valence-corrected chi connectivity index (χ3v) is 10.8. The molecule has 1 aromatic carbocycles. The Morgan fingerprint density at radius 3 is 2.60 bits per heavy atom. The van der Waals surface area contributed by atoms with Crippen LogP contribution in [0.3, 0.4) is 0 Å². The molecule has 0 radical (unpaired) electrons. The normalized spacial score (nSPS) is 44.9. The zero-order chi connectivity index (χ0) is 21.3. The van der Waals surface area contributed by atoms with Crippen LogP contribution in [-0.2, 0) is 16.6 Å². The number of rotatable bonds is 2. The number of hydrogen-bond acceptors (Lipinski definition) is 4. The lowest BCUT2D eigenvalue weighted by Gasteiger charge is -2.74. The molecular formula is C26H36O4. The highest BCUT2D eigenvalue weighted by atomic mass is 16.6. The first kappa shape index (κ1) is 19.4. The molecule has 0 aromatic heterocycles. The van der Waals surface area contributed by atoms with Gasteiger partial charge in [0.1, 0.15) is 11.7 Å². The van der Waals surface area contributed by atoms with E-state index in [0.717, 1.165) is 32.1 Å². The van der Waals surface area contributed by atoms with E-state index in [9.17, 15) is 10.2 Å². The van der Waals surface area contributed by atoms with Crippen LogP contribution >= 0.6 is 0 Å². The third kappa shape index (κ3) is 1.78. The number of hydrogen-bond donors (Lipinski definition) is 2. The number of aromatic hydroxyl groups is 1. The van der Waals surface area contributed by atoms with Gasteiger partial charge in [-0.05, 0) is 73.8 Å². The van der Waals surface area contributed by atoms with Crippen molar-refractivity contribution in [1.82, 2.24) is 0 Å². The minimum Gasteiger partial charge on any atom is -0.504 e. The summed E-state index contributed by atoms with van der Waals surface area (Å²) in [7, 11) is 1.82. The summed E-state index contributed by atoms with van der Waals surface area (Å²) in [6.07, 6.45) is 7.56. The van der Waals surface area contributed by atoms with Crippen molar-refractivity contribution in [2.45, 2.75) is 95.4 Å². The Hall–Kier alpha value is -1.26. The molecule has 6 aliphatic rings. The van der Waals surface area contributed by atoms with Crippen molar-refractivity contribution in [3.63, 3.8) is 0 Å². The Morgan fingerprint density at radius 2 is 1.90 bits per heavy atom. The van der Waals surface area contributed by atoms with Gasteiger partial charge in [-0.1, -0.05) is 33.3 Å². The summed E-state index contributed by atoms with van der Waals surface area (Å²) in [6.45, 7) is 8.44. The lowest BCUT2D eigenvalue weighted by molar-refractivity contribution is -0.309. The van der Waals surface area contributed by atoms with E-state index in [0.29, 0.717) is 11.7 Å². The Balaban J connectivity index is 1.65. The highest BCUT2D eigenvalue weighted by Crippen LogP contribution is 2.79. The number of aliphatic hydroxyl groups is 1. The van der Waals surface area contributed by atoms with E-state index >= 15 is 0 Å². The first-order chi connectivity index (χ1) is 14.1. The minimum atomic E-state index is -0.882. The van der Waals surface area contributed by atoms with Crippen molar-refractivity contribution >= 4 is 0 Å². The maximum atomic E-state index is 12.0. The van der Waals surface area contributed by atoms with Gasteiger partial charge >= 0.3 is 0 Å². The molecule has 5 aliphatic carbocycles. The molecule has 2 unspecified atom stereocenters. The predicted octanol–water partition coefficient (Wildman–Crippen LogP) is 4.73. The second-order valence-corrected chi connectivity index (χ2v) is 12.2. The van der Waals surface area contributed by atoms with Gasteiger partial charge in [-0.25, -0.2) is 0 Å². The smallest absolute Gasteiger partial charge is 0.165 e. The number of benzene rings is 1. The van der Waals surface area contributed by atoms with Crippen LogP contribution in [0.25, 0.3) is 0 Å². The van der Waals surface area contributed by atoms with Crippen LogP contribution < -0.4 is 4.74 Å². The van der Waals surface area contributed by atoms with E-state index in [4.69, 9.17) is 9.47 Å². The lowest BCUT2D eigenvalue weighted by Crippen LogP contribution is -2.80. The summed E-state index contributed by atoms with van der Waals surface area (Å²) in [5.41, 5.74) is 1.01. The third-order valence-electron chi connectivity index (χ3n) is 10.8. The zero-order valence-corrected chi connectivity index (χ0v) is 19.0. The van der Waals surface area contributed by atoms with Crippen LogP contribution in [0.4, 0.5) is 0 Å². The molecule has 4 fully saturated rings. The predicted molar refractivity (Wildman–Crippen MR) is 115 cm³/mol. The fraction of sp³-hybridized carbons (Fsp3) is 0.769. The molecule has 1 aliphatic heterocycles. The van der Waals surface area contributed by atoms with E-state index in [1.807, 2.05) is 20.1 Å². The molecule has 4 nitrogen and oxygen atoms in total. The monoisotopic (exact) mass is 412 g/mol. The second kappa shape index (κ2) is 5.38. The average molecular weight is 413 g/mol. The van der Waals surface area contributed by atoms with Gasteiger partial charge in [0.05, 0.1) is 5.60 Å². The molecule has 4 saturated carbocycles. The molecule has 4 bridgehead atoms. The Morgan fingerprint density at radius 1 is 1.13 bits per heavy atom. The molecule has 2 spiro atoms. The molecule has 7 rings (SSSR count). The summed E-state index contributed by atoms with van der Waals surface area (Å²) in [6, 6.07) is 3.96. The number of ether oxygens (including phenoxy) is 2. The standard InChI is InChI=1S/C26H36O4/c1-22(2,3)23(4,28)18-14-24-11-12-26(18,29-5)21-25(24)10-6-7-16(24)13-15-8-9-17(27)20(30-21)19(15)25/h8-9,16,18,21,27-28H,6-7,10-14H2,1-5H3/t16?,18-,21-,23?,24-,25+,26-/m1/s1. The summed E-state index contributed by atoms with van der Waals surface area (Å²) >= 11 is 0. The Bertz CT molecular complexity index is 930. The Labute approximate surface area is 180 Å². The van der Waals surface area contributed by atoms with Gasteiger partial charge < -0.3 is 19.7 Å². The molecule has 1 heterocycles. The van der Waals surface area contributed by atoms with Gasteiger partial charge in [0.15, 0.2) is 11.5 Å². The first-order valence-electron chi connectivity index (χ1n) is 11.8. The molecule has 0 amide bonds. The molecule has 164 valence electrons. The summed E-state index contributed by atoms with van der Waals surface area (Å²) in [4.78, 5) is 0. The zero-order valence-electron chi connectivity index (χ0n) is 19.0. The Kier molecular flexibility index (Phi) is 3.48. The van der Waals surface area contributed by atoms with Crippen LogP contribution in [0.5, 0.6) is 11.5 Å². The molecule has 0 saturated heterocycles. The molecule has 7 atom stereocenters. The van der Waals surface area contributed by atoms with E-state index in [-0.39, 0.29) is 34.0 Å². The largest absolute Gasteiger partial charge is 0.504 e. The van der Waals surface area contributed by atoms with Gasteiger partial charge in [-0.15, -0.1) is 0 Å². The lowest BCUT2D eigenvalue weighted by atomic mass is 9.31. The molecule has 30 heavy (non-hydrogen) atoms. The van der Waals surface area contributed by atoms with E-state index in [2.05, 4.69) is 26.8 Å². The summed E-state index contributed by atoms with van der Waals surface area (Å²) < 4.78 is 13.3. The minimum absolute atomic E-state index is 0.000445. The molecule has 1 aromatic rings. The van der Waals surface area contributed by atoms with Crippen LogP contribution in [0.15, 0.2) is 12.1 Å². The number of phenolic OH excluding ortho intramolecular Hbond substituents is 1. The van der Waals surface area contributed by atoms with Crippen molar-refractivity contribution < 1.29 is 19.7 Å². The summed E-state index contributed by atoms with van der Waals surface area (Å²) in [5, 5.41) is 22.8. The van der Waals surface area contributed by atoms with Crippen molar-refractivity contribution in [2.24, 2.45) is 22.7 Å². The average Bonchev–Trinajstić information content (AvgIpc) is 3.05. The van der Waals surface area contributed by atoms with Crippen molar-refractivity contribution in [3.8, 4) is 11.5 Å². The maximum absolute atomic E-state index is 12.0. The van der Waals surface area contributed by atoms with Gasteiger partial charge in [0.25, 0.3) is 0 Å². The quantitative estimate of drug-likeness (QED) is 0.737. The SMILES string of the molecule is CO[C@]12CC[C@@]3(C[C@@H]1C(C)(O)C(C)(C)C)C1CCC[C@@]34c3c(ccc(O)c3O[C@@H]24)C1. The number of fused-ring (bicyclic) bond motifs is 2. The van der Waals surface area contributed by atoms with Crippen molar-refractivity contribution in [2.75, 3.05) is 7.11 Å². The van der Waals surface area contributed by atoms with Crippen molar-refractivity contribution in [3.05, 3.63) is 23.3 Å². The van der Waals surface area contributed by atoms with Gasteiger partial charge in [0, 0.05) is 24.0 Å². The highest BCUT2D eigenvalue weighted by molar-refractivity contribution is 5.62. The fourth-order valence-electron chi connectivity index (χ4n) is 8.97. The number of phenols is 1. The van der Waals surface area contributed by atoms with E-state index < -0.39 is 11.2 Å². The maximum Gasteiger partial charge on any atom is 0.165 e. The molecule has 4 heteroatoms. The van der Waals surface area contributed by atoms with E-state index in [1.54, 1.807) is 0 Å². The van der Waals surface area contributed by atoms with Gasteiger partial charge in [-0.2, -0.15) is 0 Å². The van der Waals surface area contributed by atoms with Crippen molar-refractivity contribution in [1.29, 1.82) is 0 Å². The topological polar surface area (TPSA) is 58.9 Å². The van der Waals surface area contributed by atoms with Crippen LogP contribution in [0, 0.1) is 22.7 Å². The summed E-state index contributed by atoms with van der Waals surface area (Å²) in [5.74, 6) is 1.59. The van der Waals surface area contributed by atoms with Crippen LogP contribution in [0.2, 0.25) is 0 Å². The second-order valence-electron chi connectivity index (χ2n) is 12.2. The van der Waals surface area contributed by atoms with Crippen LogP contribution in [-0.4, -0.2) is 34.6 Å². The van der Waals surface area contributed by atoms with Gasteiger partial charge in [-0.3, -0.25) is 0 Å². The first-order valence-corrected chi connectivity index (χ1v) is 11.8. The number of methoxy groups -OCH3 is 1. The van der Waals surface area contributed by atoms with Crippen LogP contribution in [0.1, 0.15) is 77.3 Å². The molecular weight excluding hydrogens is 376 g/mol. The van der Waals surface area contributed by atoms with E-state index in [1.165, 1.54) is 24.0 Å². The van der Waals surface area contributed by atoms with Gasteiger partial charge in [0.2, 0.25) is 0 Å². The fourth-order valence-corrected chi connectivity index (χ4v) is 8.97.